The molecule has 0 atom stereocenters. The van der Waals surface area contributed by atoms with Gasteiger partial charge in [0.15, 0.2) is 0 Å². The van der Waals surface area contributed by atoms with Crippen molar-refractivity contribution in [3.63, 3.8) is 0 Å². The van der Waals surface area contributed by atoms with Gasteiger partial charge >= 0.3 is 0 Å². The van der Waals surface area contributed by atoms with E-state index in [1.54, 1.807) is 0 Å². The van der Waals surface area contributed by atoms with Crippen molar-refractivity contribution in [1.29, 1.82) is 0 Å². The van der Waals surface area contributed by atoms with Crippen molar-refractivity contribution >= 4 is 27.3 Å². The molecule has 2 nitrogen and oxygen atoms in total. The molecule has 0 saturated carbocycles. The summed E-state index contributed by atoms with van der Waals surface area (Å²) in [5, 5.41) is 5.62. The molecule has 0 spiro atoms. The van der Waals surface area contributed by atoms with Crippen molar-refractivity contribution in [1.82, 2.24) is 10.2 Å². The molecule has 1 aromatic heterocycles. The Labute approximate surface area is 111 Å². The lowest BCUT2D eigenvalue weighted by atomic mass is 10.1. The minimum Gasteiger partial charge on any atom is -0.311 e. The van der Waals surface area contributed by atoms with E-state index in [1.165, 1.54) is 9.35 Å². The number of hydrogen-bond acceptors (Lipinski definition) is 3. The van der Waals surface area contributed by atoms with Gasteiger partial charge in [-0.1, -0.05) is 0 Å². The maximum atomic E-state index is 3.56. The fourth-order valence-corrected chi connectivity index (χ4v) is 2.94. The Bertz CT molecular complexity index is 317. The SMILES string of the molecule is CN(CCNC(C)(C)C)Cc1sccc1Br. The van der Waals surface area contributed by atoms with Crippen molar-refractivity contribution in [3.05, 3.63) is 20.8 Å². The zero-order valence-corrected chi connectivity index (χ0v) is 12.9. The van der Waals surface area contributed by atoms with Gasteiger partial charge in [0.05, 0.1) is 0 Å². The summed E-state index contributed by atoms with van der Waals surface area (Å²) in [7, 11) is 2.16. The quantitative estimate of drug-likeness (QED) is 0.897. The standard InChI is InChI=1S/C12H21BrN2S/c1-12(2,3)14-6-7-15(4)9-11-10(13)5-8-16-11/h5,8,14H,6-7,9H2,1-4H3. The summed E-state index contributed by atoms with van der Waals surface area (Å²) in [5.41, 5.74) is 0.213. The lowest BCUT2D eigenvalue weighted by Crippen LogP contribution is -2.40. The molecule has 16 heavy (non-hydrogen) atoms. The average Bonchev–Trinajstić information content (AvgIpc) is 2.49. The van der Waals surface area contributed by atoms with Gasteiger partial charge in [-0.15, -0.1) is 11.3 Å². The van der Waals surface area contributed by atoms with Crippen LogP contribution in [0.15, 0.2) is 15.9 Å². The number of thiophene rings is 1. The van der Waals surface area contributed by atoms with Gasteiger partial charge in [-0.25, -0.2) is 0 Å². The van der Waals surface area contributed by atoms with Crippen LogP contribution in [0.5, 0.6) is 0 Å². The molecule has 0 radical (unpaired) electrons. The van der Waals surface area contributed by atoms with Crippen LogP contribution >= 0.6 is 27.3 Å². The molecule has 0 unspecified atom stereocenters. The number of hydrogen-bond donors (Lipinski definition) is 1. The summed E-state index contributed by atoms with van der Waals surface area (Å²) in [5.74, 6) is 0. The normalized spacial score (nSPS) is 12.4. The van der Waals surface area contributed by atoms with Gasteiger partial charge in [-0.05, 0) is 55.2 Å². The highest BCUT2D eigenvalue weighted by molar-refractivity contribution is 9.10. The molecule has 0 aromatic carbocycles. The first kappa shape index (κ1) is 14.2. The van der Waals surface area contributed by atoms with Crippen molar-refractivity contribution in [2.24, 2.45) is 0 Å². The minimum absolute atomic E-state index is 0.213. The fraction of sp³-hybridized carbons (Fsp3) is 0.667. The molecule has 0 bridgehead atoms. The molecule has 1 aromatic rings. The first-order chi connectivity index (χ1) is 7.38. The third-order valence-corrected chi connectivity index (χ3v) is 4.16. The number of likely N-dealkylation sites (N-methyl/N-ethyl adjacent to an activating group) is 1. The van der Waals surface area contributed by atoms with E-state index < -0.39 is 0 Å². The molecule has 0 amide bonds. The average molecular weight is 305 g/mol. The predicted octanol–water partition coefficient (Wildman–Crippen LogP) is 3.33. The Morgan fingerprint density at radius 2 is 2.12 bits per heavy atom. The first-order valence-electron chi connectivity index (χ1n) is 5.54. The fourth-order valence-electron chi connectivity index (χ4n) is 1.38. The van der Waals surface area contributed by atoms with Crippen LogP contribution in [0.3, 0.4) is 0 Å². The zero-order chi connectivity index (χ0) is 12.2. The van der Waals surface area contributed by atoms with E-state index in [1.807, 2.05) is 11.3 Å². The molecule has 0 aliphatic carbocycles. The van der Waals surface area contributed by atoms with Crippen molar-refractivity contribution in [3.8, 4) is 0 Å². The van der Waals surface area contributed by atoms with E-state index in [-0.39, 0.29) is 5.54 Å². The largest absolute Gasteiger partial charge is 0.311 e. The number of nitrogens with one attached hydrogen (secondary N) is 1. The van der Waals surface area contributed by atoms with Gasteiger partial charge < -0.3 is 5.32 Å². The third-order valence-electron chi connectivity index (χ3n) is 2.25. The van der Waals surface area contributed by atoms with Gasteiger partial charge in [0.25, 0.3) is 0 Å². The molecular formula is C12H21BrN2S. The molecule has 1 heterocycles. The monoisotopic (exact) mass is 304 g/mol. The number of nitrogens with zero attached hydrogens (tertiary/aromatic N) is 1. The Balaban J connectivity index is 2.26. The third kappa shape index (κ3) is 5.43. The Kier molecular flexibility index (Phi) is 5.44. The molecule has 0 aliphatic rings. The second kappa shape index (κ2) is 6.15. The maximum absolute atomic E-state index is 3.56. The van der Waals surface area contributed by atoms with Crippen LogP contribution in [0, 0.1) is 0 Å². The zero-order valence-electron chi connectivity index (χ0n) is 10.5. The van der Waals surface area contributed by atoms with Crippen molar-refractivity contribution in [2.45, 2.75) is 32.9 Å². The molecule has 1 N–H and O–H groups in total. The Morgan fingerprint density at radius 3 is 2.62 bits per heavy atom. The first-order valence-corrected chi connectivity index (χ1v) is 7.21. The molecule has 0 saturated heterocycles. The molecular weight excluding hydrogens is 284 g/mol. The van der Waals surface area contributed by atoms with E-state index >= 15 is 0 Å². The van der Waals surface area contributed by atoms with Crippen molar-refractivity contribution in [2.75, 3.05) is 20.1 Å². The molecule has 4 heteroatoms. The van der Waals surface area contributed by atoms with E-state index in [0.29, 0.717) is 0 Å². The van der Waals surface area contributed by atoms with Gasteiger partial charge in [0.2, 0.25) is 0 Å². The topological polar surface area (TPSA) is 15.3 Å². The Morgan fingerprint density at radius 1 is 1.44 bits per heavy atom. The predicted molar refractivity (Wildman–Crippen MR) is 76.1 cm³/mol. The minimum atomic E-state index is 0.213. The second-order valence-corrected chi connectivity index (χ2v) is 6.96. The summed E-state index contributed by atoms with van der Waals surface area (Å²) in [6.45, 7) is 9.71. The summed E-state index contributed by atoms with van der Waals surface area (Å²) in [6, 6.07) is 2.11. The Hall–Kier alpha value is 0.100. The van der Waals surface area contributed by atoms with Crippen LogP contribution in [0.4, 0.5) is 0 Å². The van der Waals surface area contributed by atoms with Crippen LogP contribution in [0.25, 0.3) is 0 Å². The lowest BCUT2D eigenvalue weighted by Gasteiger charge is -2.23. The van der Waals surface area contributed by atoms with Gasteiger partial charge in [0, 0.05) is 34.5 Å². The highest BCUT2D eigenvalue weighted by atomic mass is 79.9. The summed E-state index contributed by atoms with van der Waals surface area (Å²) in [6.07, 6.45) is 0. The molecule has 1 rings (SSSR count). The van der Waals surface area contributed by atoms with Crippen LogP contribution < -0.4 is 5.32 Å². The summed E-state index contributed by atoms with van der Waals surface area (Å²) in [4.78, 5) is 3.74. The van der Waals surface area contributed by atoms with Gasteiger partial charge in [0.1, 0.15) is 0 Å². The molecule has 0 fully saturated rings. The number of halogens is 1. The highest BCUT2D eigenvalue weighted by Gasteiger charge is 2.09. The van der Waals surface area contributed by atoms with Crippen molar-refractivity contribution < 1.29 is 0 Å². The summed E-state index contributed by atoms with van der Waals surface area (Å²) < 4.78 is 1.23. The lowest BCUT2D eigenvalue weighted by molar-refractivity contribution is 0.305. The summed E-state index contributed by atoms with van der Waals surface area (Å²) >= 11 is 5.37. The number of rotatable bonds is 5. The van der Waals surface area contributed by atoms with Crippen LogP contribution in [-0.2, 0) is 6.54 Å². The van der Waals surface area contributed by atoms with Gasteiger partial charge in [-0.3, -0.25) is 4.90 Å². The highest BCUT2D eigenvalue weighted by Crippen LogP contribution is 2.23. The van der Waals surface area contributed by atoms with E-state index in [4.69, 9.17) is 0 Å². The van der Waals surface area contributed by atoms with E-state index in [9.17, 15) is 0 Å². The van der Waals surface area contributed by atoms with Crippen LogP contribution in [-0.4, -0.2) is 30.6 Å². The van der Waals surface area contributed by atoms with E-state index in [0.717, 1.165) is 19.6 Å². The van der Waals surface area contributed by atoms with Crippen LogP contribution in [0.1, 0.15) is 25.6 Å². The van der Waals surface area contributed by atoms with E-state index in [2.05, 4.69) is 65.4 Å². The second-order valence-electron chi connectivity index (χ2n) is 5.11. The smallest absolute Gasteiger partial charge is 0.0336 e. The maximum Gasteiger partial charge on any atom is 0.0336 e. The van der Waals surface area contributed by atoms with Crippen LogP contribution in [0.2, 0.25) is 0 Å². The van der Waals surface area contributed by atoms with Gasteiger partial charge in [-0.2, -0.15) is 0 Å². The molecule has 92 valence electrons. The molecule has 0 aliphatic heterocycles.